The molecule has 1 aromatic heterocycles. The molecule has 3 N–H and O–H groups in total. The molecule has 10 nitrogen and oxygen atoms in total. The lowest BCUT2D eigenvalue weighted by molar-refractivity contribution is -0.384. The van der Waals surface area contributed by atoms with Gasteiger partial charge in [-0.05, 0) is 46.1 Å². The van der Waals surface area contributed by atoms with Gasteiger partial charge < -0.3 is 10.6 Å². The largest absolute Gasteiger partial charge is 0.342 e. The number of hydrogen-bond acceptors (Lipinski definition) is 7. The summed E-state index contributed by atoms with van der Waals surface area (Å²) in [6.07, 6.45) is 0. The molecule has 34 heavy (non-hydrogen) atoms. The molecule has 13 heteroatoms. The Hall–Kier alpha value is -2.96. The summed E-state index contributed by atoms with van der Waals surface area (Å²) in [4.78, 5) is 39.8. The third-order valence-corrected chi connectivity index (χ3v) is 6.65. The predicted octanol–water partition coefficient (Wildman–Crippen LogP) is 4.99. The van der Waals surface area contributed by atoms with Crippen molar-refractivity contribution in [3.63, 3.8) is 0 Å². The summed E-state index contributed by atoms with van der Waals surface area (Å²) in [5, 5.41) is 24.4. The second kappa shape index (κ2) is 11.4. The van der Waals surface area contributed by atoms with Crippen molar-refractivity contribution in [1.29, 1.82) is 0 Å². The zero-order valence-electron chi connectivity index (χ0n) is 18.0. The van der Waals surface area contributed by atoms with Crippen LogP contribution < -0.4 is 10.6 Å². The van der Waals surface area contributed by atoms with Crippen LogP contribution in [-0.2, 0) is 4.79 Å². The third-order valence-electron chi connectivity index (χ3n) is 4.58. The lowest BCUT2D eigenvalue weighted by Crippen LogP contribution is -2.32. The number of nitro groups is 1. The highest BCUT2D eigenvalue weighted by Crippen LogP contribution is 2.26. The van der Waals surface area contributed by atoms with Crippen LogP contribution in [0.4, 0.5) is 11.4 Å². The Morgan fingerprint density at radius 3 is 2.71 bits per heavy atom. The van der Waals surface area contributed by atoms with E-state index in [0.717, 1.165) is 11.8 Å². The molecule has 0 saturated carbocycles. The van der Waals surface area contributed by atoms with Crippen LogP contribution >= 0.6 is 39.3 Å². The van der Waals surface area contributed by atoms with E-state index in [0.29, 0.717) is 26.2 Å². The molecule has 2 amide bonds. The average Bonchev–Trinajstić information content (AvgIpc) is 3.27. The molecule has 178 valence electrons. The predicted molar refractivity (Wildman–Crippen MR) is 133 cm³/mol. The van der Waals surface area contributed by atoms with E-state index < -0.39 is 16.9 Å². The first-order valence-electron chi connectivity index (χ1n) is 9.99. The SMILES string of the molecule is CC(C)[C@@H](NC(=O)c1cccc([N+](=O)[O-])c1)c1nc(SCC(=O)Nc2ccc(Cl)c(Br)c2)n[nH]1. The van der Waals surface area contributed by atoms with Gasteiger partial charge in [0, 0.05) is 27.9 Å². The number of nitrogens with zero attached hydrogens (tertiary/aromatic N) is 3. The van der Waals surface area contributed by atoms with Crippen molar-refractivity contribution in [1.82, 2.24) is 20.5 Å². The smallest absolute Gasteiger partial charge is 0.270 e. The van der Waals surface area contributed by atoms with Gasteiger partial charge in [0.2, 0.25) is 11.1 Å². The van der Waals surface area contributed by atoms with Crippen molar-refractivity contribution in [2.45, 2.75) is 25.0 Å². The number of benzene rings is 2. The van der Waals surface area contributed by atoms with Gasteiger partial charge in [0.1, 0.15) is 5.82 Å². The molecule has 0 aliphatic rings. The number of aromatic amines is 1. The molecule has 0 spiro atoms. The van der Waals surface area contributed by atoms with E-state index in [1.807, 2.05) is 13.8 Å². The van der Waals surface area contributed by atoms with Gasteiger partial charge in [0.25, 0.3) is 11.6 Å². The molecule has 0 saturated heterocycles. The highest BCUT2D eigenvalue weighted by Gasteiger charge is 2.24. The zero-order chi connectivity index (χ0) is 24.8. The number of H-pyrrole nitrogens is 1. The van der Waals surface area contributed by atoms with Gasteiger partial charge in [-0.3, -0.25) is 24.8 Å². The zero-order valence-corrected chi connectivity index (χ0v) is 21.2. The topological polar surface area (TPSA) is 143 Å². The average molecular weight is 568 g/mol. The molecule has 3 rings (SSSR count). The quantitative estimate of drug-likeness (QED) is 0.188. The van der Waals surface area contributed by atoms with Gasteiger partial charge in [0.15, 0.2) is 0 Å². The normalized spacial score (nSPS) is 11.8. The Kier molecular flexibility index (Phi) is 8.64. The molecular weight excluding hydrogens is 548 g/mol. The first-order chi connectivity index (χ1) is 16.1. The van der Waals surface area contributed by atoms with Crippen LogP contribution in [0.2, 0.25) is 5.02 Å². The molecule has 0 bridgehead atoms. The number of halogens is 2. The molecule has 1 heterocycles. The molecular formula is C21H20BrClN6O4S. The maximum atomic E-state index is 12.7. The molecule has 0 aliphatic carbocycles. The van der Waals surface area contributed by atoms with Gasteiger partial charge in [0.05, 0.1) is 21.7 Å². The summed E-state index contributed by atoms with van der Waals surface area (Å²) >= 11 is 10.4. The maximum absolute atomic E-state index is 12.7. The van der Waals surface area contributed by atoms with Crippen LogP contribution in [0.1, 0.15) is 36.1 Å². The van der Waals surface area contributed by atoms with Crippen LogP contribution in [0.25, 0.3) is 0 Å². The number of rotatable bonds is 9. The van der Waals surface area contributed by atoms with E-state index in [9.17, 15) is 19.7 Å². The van der Waals surface area contributed by atoms with Crippen molar-refractivity contribution in [2.24, 2.45) is 5.92 Å². The third kappa shape index (κ3) is 6.78. The number of nitrogens with one attached hydrogen (secondary N) is 3. The summed E-state index contributed by atoms with van der Waals surface area (Å²) in [7, 11) is 0. The highest BCUT2D eigenvalue weighted by atomic mass is 79.9. The molecule has 1 atom stereocenters. The number of amides is 2. The Morgan fingerprint density at radius 2 is 2.03 bits per heavy atom. The number of anilines is 1. The number of carbonyl (C=O) groups excluding carboxylic acids is 2. The van der Waals surface area contributed by atoms with E-state index in [2.05, 4.69) is 41.7 Å². The second-order valence-corrected chi connectivity index (χ2v) is 9.68. The van der Waals surface area contributed by atoms with Crippen LogP contribution in [0.3, 0.4) is 0 Å². The number of hydrogen-bond donors (Lipinski definition) is 3. The molecule has 3 aromatic rings. The number of aromatic nitrogens is 3. The molecule has 0 unspecified atom stereocenters. The number of thioether (sulfide) groups is 1. The van der Waals surface area contributed by atoms with Gasteiger partial charge in [-0.2, -0.15) is 0 Å². The summed E-state index contributed by atoms with van der Waals surface area (Å²) in [6.45, 7) is 3.79. The Labute approximate surface area is 212 Å². The van der Waals surface area contributed by atoms with Crippen LogP contribution in [-0.4, -0.2) is 37.7 Å². The molecule has 0 fully saturated rings. The Morgan fingerprint density at radius 1 is 1.26 bits per heavy atom. The fourth-order valence-electron chi connectivity index (χ4n) is 2.90. The number of non-ortho nitro benzene ring substituents is 1. The van der Waals surface area contributed by atoms with Gasteiger partial charge in [-0.15, -0.1) is 5.10 Å². The van der Waals surface area contributed by atoms with E-state index >= 15 is 0 Å². The minimum Gasteiger partial charge on any atom is -0.342 e. The minimum absolute atomic E-state index is 0.0555. The first-order valence-corrected chi connectivity index (χ1v) is 12.1. The van der Waals surface area contributed by atoms with Gasteiger partial charge in [-0.1, -0.05) is 43.3 Å². The second-order valence-electron chi connectivity index (χ2n) is 7.47. The van der Waals surface area contributed by atoms with Crippen LogP contribution in [0.5, 0.6) is 0 Å². The van der Waals surface area contributed by atoms with Crippen LogP contribution in [0.15, 0.2) is 52.1 Å². The van der Waals surface area contributed by atoms with Crippen LogP contribution in [0, 0.1) is 16.0 Å². The van der Waals surface area contributed by atoms with Gasteiger partial charge >= 0.3 is 0 Å². The minimum atomic E-state index is -0.557. The standard InChI is InChI=1S/C21H20BrClN6O4S/c1-11(2)18(25-20(31)12-4-3-5-14(8-12)29(32)33)19-26-21(28-27-19)34-10-17(30)24-13-6-7-16(23)15(22)9-13/h3-9,11,18H,10H2,1-2H3,(H,24,30)(H,25,31)(H,26,27,28)/t18-/m1/s1. The molecule has 0 aliphatic heterocycles. The number of carbonyl (C=O) groups is 2. The summed E-state index contributed by atoms with van der Waals surface area (Å²) in [5.41, 5.74) is 0.595. The van der Waals surface area contributed by atoms with E-state index in [4.69, 9.17) is 11.6 Å². The summed E-state index contributed by atoms with van der Waals surface area (Å²) in [5.74, 6) is -0.283. The van der Waals surface area contributed by atoms with Crippen molar-refractivity contribution in [2.75, 3.05) is 11.1 Å². The lowest BCUT2D eigenvalue weighted by atomic mass is 10.0. The van der Waals surface area contributed by atoms with Crippen molar-refractivity contribution in [3.05, 3.63) is 73.5 Å². The van der Waals surface area contributed by atoms with E-state index in [-0.39, 0.29) is 28.8 Å². The summed E-state index contributed by atoms with van der Waals surface area (Å²) < 4.78 is 0.671. The highest BCUT2D eigenvalue weighted by molar-refractivity contribution is 9.10. The monoisotopic (exact) mass is 566 g/mol. The van der Waals surface area contributed by atoms with E-state index in [1.165, 1.54) is 24.3 Å². The Balaban J connectivity index is 1.62. The maximum Gasteiger partial charge on any atom is 0.270 e. The van der Waals surface area contributed by atoms with Crippen molar-refractivity contribution >= 4 is 62.5 Å². The lowest BCUT2D eigenvalue weighted by Gasteiger charge is -2.19. The first kappa shape index (κ1) is 25.7. The molecule has 2 aromatic carbocycles. The van der Waals surface area contributed by atoms with Gasteiger partial charge in [-0.25, -0.2) is 4.98 Å². The van der Waals surface area contributed by atoms with Crippen molar-refractivity contribution < 1.29 is 14.5 Å². The van der Waals surface area contributed by atoms with E-state index in [1.54, 1.807) is 18.2 Å². The molecule has 0 radical (unpaired) electrons. The summed E-state index contributed by atoms with van der Waals surface area (Å²) in [6, 6.07) is 10.0. The fraction of sp³-hybridized carbons (Fsp3) is 0.238. The Bertz CT molecular complexity index is 1220. The van der Waals surface area contributed by atoms with Crippen molar-refractivity contribution in [3.8, 4) is 0 Å². The fourth-order valence-corrected chi connectivity index (χ4v) is 4.00. The number of nitro benzene ring substituents is 1.